The lowest BCUT2D eigenvalue weighted by Crippen LogP contribution is -2.28. The first-order valence-corrected chi connectivity index (χ1v) is 8.36. The molecule has 1 unspecified atom stereocenters. The first-order chi connectivity index (χ1) is 11.8. The van der Waals surface area contributed by atoms with Gasteiger partial charge in [0.25, 0.3) is 0 Å². The number of aryl methyl sites for hydroxylation is 2. The number of rotatable bonds is 3. The molecule has 4 nitrogen and oxygen atoms in total. The number of carbonyl (C=O) groups excluding carboxylic acids is 2. The van der Waals surface area contributed by atoms with Crippen molar-refractivity contribution in [3.8, 4) is 0 Å². The lowest BCUT2D eigenvalue weighted by Gasteiger charge is -2.19. The first kappa shape index (κ1) is 17.4. The molecule has 6 heteroatoms. The largest absolute Gasteiger partial charge is 0.326 e. The van der Waals surface area contributed by atoms with Gasteiger partial charge in [-0.2, -0.15) is 0 Å². The van der Waals surface area contributed by atoms with Gasteiger partial charge in [-0.1, -0.05) is 23.7 Å². The van der Waals surface area contributed by atoms with Crippen molar-refractivity contribution in [2.45, 2.75) is 20.3 Å². The van der Waals surface area contributed by atoms with Gasteiger partial charge in [-0.3, -0.25) is 9.59 Å². The second-order valence-corrected chi connectivity index (χ2v) is 6.72. The number of anilines is 2. The lowest BCUT2D eigenvalue weighted by molar-refractivity contribution is -0.122. The minimum Gasteiger partial charge on any atom is -0.326 e. The smallest absolute Gasteiger partial charge is 0.229 e. The maximum Gasteiger partial charge on any atom is 0.229 e. The van der Waals surface area contributed by atoms with Crippen LogP contribution >= 0.6 is 11.6 Å². The quantitative estimate of drug-likeness (QED) is 0.896. The minimum absolute atomic E-state index is 0.0580. The molecule has 2 aromatic rings. The molecule has 1 aliphatic rings. The Kier molecular flexibility index (Phi) is 4.77. The zero-order valence-electron chi connectivity index (χ0n) is 14.0. The van der Waals surface area contributed by atoms with Crippen molar-refractivity contribution in [3.05, 3.63) is 58.4 Å². The van der Waals surface area contributed by atoms with Crippen LogP contribution in [0.25, 0.3) is 0 Å². The maximum atomic E-state index is 13.2. The summed E-state index contributed by atoms with van der Waals surface area (Å²) >= 11 is 5.73. The third-order valence-corrected chi connectivity index (χ3v) is 4.63. The van der Waals surface area contributed by atoms with Crippen LogP contribution in [0.3, 0.4) is 0 Å². The molecule has 3 rings (SSSR count). The number of nitrogens with zero attached hydrogens (tertiary/aromatic N) is 1. The van der Waals surface area contributed by atoms with Gasteiger partial charge < -0.3 is 10.2 Å². The molecule has 1 saturated heterocycles. The molecule has 1 aliphatic heterocycles. The number of carbonyl (C=O) groups is 2. The van der Waals surface area contributed by atoms with Crippen LogP contribution < -0.4 is 10.2 Å². The van der Waals surface area contributed by atoms with Gasteiger partial charge in [0.1, 0.15) is 5.82 Å². The number of amides is 2. The van der Waals surface area contributed by atoms with Gasteiger partial charge in [0.15, 0.2) is 0 Å². The second-order valence-electron chi connectivity index (χ2n) is 6.31. The average Bonchev–Trinajstić information content (AvgIpc) is 2.95. The summed E-state index contributed by atoms with van der Waals surface area (Å²) in [6.45, 7) is 4.23. The van der Waals surface area contributed by atoms with Gasteiger partial charge in [-0.25, -0.2) is 4.39 Å². The Hall–Kier alpha value is -2.40. The van der Waals surface area contributed by atoms with Gasteiger partial charge in [0, 0.05) is 24.3 Å². The van der Waals surface area contributed by atoms with Crippen molar-refractivity contribution < 1.29 is 14.0 Å². The fraction of sp³-hybridized carbons (Fsp3) is 0.263. The van der Waals surface area contributed by atoms with E-state index < -0.39 is 11.7 Å². The number of hydrogen-bond acceptors (Lipinski definition) is 2. The summed E-state index contributed by atoms with van der Waals surface area (Å²) in [5, 5.41) is 2.64. The molecule has 0 aromatic heterocycles. The Morgan fingerprint density at radius 3 is 2.72 bits per heavy atom. The zero-order valence-corrected chi connectivity index (χ0v) is 14.7. The van der Waals surface area contributed by atoms with Gasteiger partial charge in [0.05, 0.1) is 10.9 Å². The molecule has 130 valence electrons. The zero-order chi connectivity index (χ0) is 18.1. The fourth-order valence-electron chi connectivity index (χ4n) is 2.94. The summed E-state index contributed by atoms with van der Waals surface area (Å²) in [5.74, 6) is -1.36. The summed E-state index contributed by atoms with van der Waals surface area (Å²) in [6.07, 6.45) is 0.147. The highest BCUT2D eigenvalue weighted by Crippen LogP contribution is 2.29. The van der Waals surface area contributed by atoms with Crippen LogP contribution in [0.15, 0.2) is 36.4 Å². The van der Waals surface area contributed by atoms with Crippen LogP contribution in [-0.4, -0.2) is 18.4 Å². The summed E-state index contributed by atoms with van der Waals surface area (Å²) in [7, 11) is 0. The Morgan fingerprint density at radius 2 is 2.00 bits per heavy atom. The molecule has 2 amide bonds. The second kappa shape index (κ2) is 6.84. The molecule has 1 N–H and O–H groups in total. The first-order valence-electron chi connectivity index (χ1n) is 7.98. The van der Waals surface area contributed by atoms with Crippen LogP contribution in [0.1, 0.15) is 17.5 Å². The predicted molar refractivity (Wildman–Crippen MR) is 96.4 cm³/mol. The van der Waals surface area contributed by atoms with E-state index >= 15 is 0 Å². The molecule has 1 fully saturated rings. The molecule has 0 radical (unpaired) electrons. The van der Waals surface area contributed by atoms with E-state index in [0.717, 1.165) is 16.8 Å². The molecule has 1 heterocycles. The third kappa shape index (κ3) is 3.66. The van der Waals surface area contributed by atoms with Crippen molar-refractivity contribution in [1.82, 2.24) is 0 Å². The molecule has 0 aliphatic carbocycles. The maximum absolute atomic E-state index is 13.2. The van der Waals surface area contributed by atoms with Gasteiger partial charge in [-0.15, -0.1) is 0 Å². The van der Waals surface area contributed by atoms with Crippen LogP contribution in [0.2, 0.25) is 5.02 Å². The normalized spacial score (nSPS) is 17.0. The SMILES string of the molecule is Cc1ccc(C)c(N2CC(C(=O)Nc3ccc(F)c(Cl)c3)CC2=O)c1. The van der Waals surface area contributed by atoms with Crippen molar-refractivity contribution in [2.75, 3.05) is 16.8 Å². The van der Waals surface area contributed by atoms with E-state index in [-0.39, 0.29) is 23.3 Å². The Morgan fingerprint density at radius 1 is 1.24 bits per heavy atom. The van der Waals surface area contributed by atoms with Gasteiger partial charge in [0.2, 0.25) is 11.8 Å². The Labute approximate surface area is 150 Å². The fourth-order valence-corrected chi connectivity index (χ4v) is 3.13. The van der Waals surface area contributed by atoms with Crippen molar-refractivity contribution in [1.29, 1.82) is 0 Å². The Balaban J connectivity index is 1.74. The summed E-state index contributed by atoms with van der Waals surface area (Å²) in [6, 6.07) is 9.90. The van der Waals surface area contributed by atoms with Crippen LogP contribution in [0.4, 0.5) is 15.8 Å². The van der Waals surface area contributed by atoms with E-state index in [9.17, 15) is 14.0 Å². The van der Waals surface area contributed by atoms with Crippen molar-refractivity contribution >= 4 is 34.8 Å². The van der Waals surface area contributed by atoms with E-state index in [4.69, 9.17) is 11.6 Å². The topological polar surface area (TPSA) is 49.4 Å². The van der Waals surface area contributed by atoms with Gasteiger partial charge >= 0.3 is 0 Å². The number of nitrogens with one attached hydrogen (secondary N) is 1. The predicted octanol–water partition coefficient (Wildman–Crippen LogP) is 4.09. The standard InChI is InChI=1S/C19H18ClFN2O2/c1-11-3-4-12(2)17(7-11)23-10-13(8-18(23)24)19(25)22-14-5-6-16(21)15(20)9-14/h3-7,9,13H,8,10H2,1-2H3,(H,22,25). The molecule has 2 aromatic carbocycles. The summed E-state index contributed by atoms with van der Waals surface area (Å²) in [5.41, 5.74) is 3.30. The number of hydrogen-bond donors (Lipinski definition) is 1. The van der Waals surface area contributed by atoms with Crippen LogP contribution in [0, 0.1) is 25.6 Å². The molecular formula is C19H18ClFN2O2. The van der Waals surface area contributed by atoms with E-state index in [2.05, 4.69) is 5.32 Å². The summed E-state index contributed by atoms with van der Waals surface area (Å²) in [4.78, 5) is 26.5. The van der Waals surface area contributed by atoms with Crippen molar-refractivity contribution in [2.24, 2.45) is 5.92 Å². The van der Waals surface area contributed by atoms with Gasteiger partial charge in [-0.05, 0) is 49.2 Å². The average molecular weight is 361 g/mol. The highest BCUT2D eigenvalue weighted by atomic mass is 35.5. The minimum atomic E-state index is -0.545. The van der Waals surface area contributed by atoms with E-state index in [1.54, 1.807) is 4.90 Å². The number of halogens is 2. The summed E-state index contributed by atoms with van der Waals surface area (Å²) < 4.78 is 13.2. The Bertz CT molecular complexity index is 853. The van der Waals surface area contributed by atoms with Crippen LogP contribution in [-0.2, 0) is 9.59 Å². The molecule has 0 spiro atoms. The van der Waals surface area contributed by atoms with E-state index in [1.807, 2.05) is 32.0 Å². The highest BCUT2D eigenvalue weighted by molar-refractivity contribution is 6.31. The molecule has 0 bridgehead atoms. The highest BCUT2D eigenvalue weighted by Gasteiger charge is 2.35. The van der Waals surface area contributed by atoms with E-state index in [0.29, 0.717) is 12.2 Å². The van der Waals surface area contributed by atoms with Crippen molar-refractivity contribution in [3.63, 3.8) is 0 Å². The molecular weight excluding hydrogens is 343 g/mol. The lowest BCUT2D eigenvalue weighted by atomic mass is 10.1. The molecule has 25 heavy (non-hydrogen) atoms. The van der Waals surface area contributed by atoms with Crippen LogP contribution in [0.5, 0.6) is 0 Å². The number of benzene rings is 2. The monoisotopic (exact) mass is 360 g/mol. The van der Waals surface area contributed by atoms with E-state index in [1.165, 1.54) is 18.2 Å². The molecule has 1 atom stereocenters. The third-order valence-electron chi connectivity index (χ3n) is 4.34. The molecule has 0 saturated carbocycles.